The number of alkyl halides is 6. The third-order valence-electron chi connectivity index (χ3n) is 6.98. The van der Waals surface area contributed by atoms with E-state index in [0.717, 1.165) is 12.1 Å². The summed E-state index contributed by atoms with van der Waals surface area (Å²) in [7, 11) is 0. The van der Waals surface area contributed by atoms with Crippen LogP contribution in [-0.2, 0) is 42.5 Å². The monoisotopic (exact) mass is 687 g/mol. The van der Waals surface area contributed by atoms with Gasteiger partial charge in [-0.15, -0.1) is 10.2 Å². The van der Waals surface area contributed by atoms with Gasteiger partial charge in [-0.2, -0.15) is 26.3 Å². The van der Waals surface area contributed by atoms with E-state index in [1.807, 2.05) is 5.32 Å². The van der Waals surface area contributed by atoms with Gasteiger partial charge in [0.25, 0.3) is 0 Å². The van der Waals surface area contributed by atoms with E-state index in [0.29, 0.717) is 11.1 Å². The van der Waals surface area contributed by atoms with Crippen molar-refractivity contribution >= 4 is 29.5 Å². The van der Waals surface area contributed by atoms with E-state index in [2.05, 4.69) is 26.2 Å². The lowest BCUT2D eigenvalue weighted by molar-refractivity contribution is -0.212. The first-order valence-corrected chi connectivity index (χ1v) is 14.2. The summed E-state index contributed by atoms with van der Waals surface area (Å²) >= 11 is 0. The number of amides is 5. The minimum atomic E-state index is -5.13. The molecule has 2 unspecified atom stereocenters. The highest BCUT2D eigenvalue weighted by Gasteiger charge is 2.65. The number of rotatable bonds is 16. The predicted molar refractivity (Wildman–Crippen MR) is 153 cm³/mol. The Morgan fingerprint density at radius 1 is 0.792 bits per heavy atom. The zero-order chi connectivity index (χ0) is 35.7. The lowest BCUT2D eigenvalue weighted by Crippen LogP contribution is -2.54. The molecule has 0 fully saturated rings. The molecule has 1 aliphatic heterocycles. The fourth-order valence-corrected chi connectivity index (χ4v) is 4.41. The Labute approximate surface area is 268 Å². The van der Waals surface area contributed by atoms with E-state index in [-0.39, 0.29) is 18.4 Å². The number of benzene rings is 2. The molecule has 1 aliphatic rings. The van der Waals surface area contributed by atoms with E-state index in [1.54, 1.807) is 30.3 Å². The first-order valence-electron chi connectivity index (χ1n) is 14.2. The van der Waals surface area contributed by atoms with Gasteiger partial charge in [-0.3, -0.25) is 24.0 Å². The number of nitrogens with one attached hydrogen (secondary N) is 4. The number of carbonyl (C=O) groups excluding carboxylic acids is 5. The number of halogens is 6. The normalized spacial score (nSPS) is 15.4. The zero-order valence-electron chi connectivity index (χ0n) is 24.9. The fourth-order valence-electron chi connectivity index (χ4n) is 4.41. The second-order valence-corrected chi connectivity index (χ2v) is 10.7. The van der Waals surface area contributed by atoms with E-state index >= 15 is 0 Å². The predicted octanol–water partition coefficient (Wildman–Crippen LogP) is 1.04. The quantitative estimate of drug-likeness (QED) is 0.142. The second-order valence-electron chi connectivity index (χ2n) is 10.7. The number of primary amides is 1. The number of nitrogens with two attached hydrogens (primary N) is 1. The molecular weight excluding hydrogens is 656 g/mol. The molecule has 0 bridgehead atoms. The van der Waals surface area contributed by atoms with Gasteiger partial charge in [0.05, 0.1) is 25.6 Å². The molecule has 2 aromatic rings. The van der Waals surface area contributed by atoms with Crippen molar-refractivity contribution in [3.63, 3.8) is 0 Å². The van der Waals surface area contributed by atoms with Crippen molar-refractivity contribution in [2.75, 3.05) is 13.1 Å². The lowest BCUT2D eigenvalue weighted by Gasteiger charge is -2.26. The van der Waals surface area contributed by atoms with Crippen LogP contribution in [0.15, 0.2) is 64.8 Å². The van der Waals surface area contributed by atoms with Gasteiger partial charge in [0, 0.05) is 18.4 Å². The van der Waals surface area contributed by atoms with Crippen LogP contribution >= 0.6 is 0 Å². The van der Waals surface area contributed by atoms with E-state index in [9.17, 15) is 55.4 Å². The standard InChI is InChI=1S/C29H31F6N7O6/c30-28(31,32)25(47)19(10-11-21(36)43)39-24(46)15-38-26(48)20(12-16-4-2-1-3-5-16)40-23(45)14-37-22(44)13-17-6-8-18(9-7-17)27(41-42-27)29(33,34)35/h1-9,19-20,25,47H,10-15H2,(H2,36,43)(H,37,44)(H,38,48)(H,39,46)(H,40,45)/t19?,20-,25?/m0/s1. The number of nitrogens with zero attached hydrogens (tertiary/aromatic N) is 2. The van der Waals surface area contributed by atoms with E-state index < -0.39 is 91.7 Å². The van der Waals surface area contributed by atoms with Crippen LogP contribution < -0.4 is 27.0 Å². The van der Waals surface area contributed by atoms with Crippen LogP contribution in [0.2, 0.25) is 0 Å². The van der Waals surface area contributed by atoms with Gasteiger partial charge in [-0.25, -0.2) is 0 Å². The minimum absolute atomic E-state index is 0.0909. The van der Waals surface area contributed by atoms with E-state index in [4.69, 9.17) is 5.73 Å². The summed E-state index contributed by atoms with van der Waals surface area (Å²) < 4.78 is 78.7. The highest BCUT2D eigenvalue weighted by molar-refractivity contribution is 5.92. The molecule has 5 amide bonds. The summed E-state index contributed by atoms with van der Waals surface area (Å²) in [5.74, 6) is -4.52. The van der Waals surface area contributed by atoms with Crippen molar-refractivity contribution in [1.29, 1.82) is 0 Å². The molecular formula is C29H31F6N7O6. The Morgan fingerprint density at radius 3 is 1.92 bits per heavy atom. The Hall–Kier alpha value is -5.07. The van der Waals surface area contributed by atoms with Crippen molar-refractivity contribution in [1.82, 2.24) is 21.3 Å². The minimum Gasteiger partial charge on any atom is -0.382 e. The van der Waals surface area contributed by atoms with Crippen molar-refractivity contribution in [2.24, 2.45) is 16.0 Å². The largest absolute Gasteiger partial charge is 0.442 e. The summed E-state index contributed by atoms with van der Waals surface area (Å²) in [5.41, 5.74) is 3.03. The Kier molecular flexibility index (Phi) is 12.2. The van der Waals surface area contributed by atoms with Crippen LogP contribution in [0.3, 0.4) is 0 Å². The first-order chi connectivity index (χ1) is 22.4. The Bertz CT molecular complexity index is 1500. The molecule has 0 saturated carbocycles. The molecule has 0 spiro atoms. The number of aliphatic hydroxyl groups is 1. The molecule has 7 N–H and O–H groups in total. The molecule has 0 saturated heterocycles. The highest BCUT2D eigenvalue weighted by Crippen LogP contribution is 2.52. The number of hydrogen-bond donors (Lipinski definition) is 6. The van der Waals surface area contributed by atoms with Crippen molar-refractivity contribution < 1.29 is 55.4 Å². The van der Waals surface area contributed by atoms with Gasteiger partial charge in [-0.05, 0) is 17.5 Å². The van der Waals surface area contributed by atoms with E-state index in [1.165, 1.54) is 12.1 Å². The molecule has 2 aromatic carbocycles. The molecule has 3 rings (SSSR count). The molecule has 0 aromatic heterocycles. The smallest absolute Gasteiger partial charge is 0.382 e. The first kappa shape index (κ1) is 37.4. The lowest BCUT2D eigenvalue weighted by atomic mass is 10.0. The number of carbonyl (C=O) groups is 5. The maximum atomic E-state index is 13.2. The van der Waals surface area contributed by atoms with Gasteiger partial charge >= 0.3 is 18.0 Å². The Morgan fingerprint density at radius 2 is 1.38 bits per heavy atom. The maximum Gasteiger partial charge on any atom is 0.442 e. The summed E-state index contributed by atoms with van der Waals surface area (Å²) in [6.45, 7) is -1.47. The van der Waals surface area contributed by atoms with Crippen LogP contribution in [0.4, 0.5) is 26.3 Å². The molecule has 0 aliphatic carbocycles. The van der Waals surface area contributed by atoms with Gasteiger partial charge in [0.1, 0.15) is 6.04 Å². The average molecular weight is 688 g/mol. The molecule has 3 atom stereocenters. The molecule has 48 heavy (non-hydrogen) atoms. The maximum absolute atomic E-state index is 13.2. The van der Waals surface area contributed by atoms with Crippen molar-refractivity contribution in [3.05, 3.63) is 71.3 Å². The van der Waals surface area contributed by atoms with Crippen LogP contribution in [0.25, 0.3) is 0 Å². The van der Waals surface area contributed by atoms with Gasteiger partial charge in [-0.1, -0.05) is 54.6 Å². The Balaban J connectivity index is 1.56. The molecule has 1 heterocycles. The highest BCUT2D eigenvalue weighted by atomic mass is 19.4. The average Bonchev–Trinajstić information content (AvgIpc) is 3.83. The van der Waals surface area contributed by atoms with Gasteiger partial charge in [0.15, 0.2) is 6.10 Å². The number of hydrogen-bond acceptors (Lipinski definition) is 8. The molecule has 0 radical (unpaired) electrons. The molecule has 13 nitrogen and oxygen atoms in total. The third kappa shape index (κ3) is 10.7. The van der Waals surface area contributed by atoms with Crippen molar-refractivity contribution in [3.8, 4) is 0 Å². The van der Waals surface area contributed by atoms with Crippen LogP contribution in [0.5, 0.6) is 0 Å². The molecule has 260 valence electrons. The number of aliphatic hydroxyl groups excluding tert-OH is 1. The topological polar surface area (TPSA) is 204 Å². The summed E-state index contributed by atoms with van der Waals surface area (Å²) in [5, 5.41) is 24.6. The third-order valence-corrected chi connectivity index (χ3v) is 6.98. The second kappa shape index (κ2) is 15.7. The van der Waals surface area contributed by atoms with Crippen LogP contribution in [0, 0.1) is 0 Å². The molecule has 19 heteroatoms. The van der Waals surface area contributed by atoms with Crippen molar-refractivity contribution in [2.45, 2.75) is 61.9 Å². The van der Waals surface area contributed by atoms with Crippen LogP contribution in [-0.4, -0.2) is 78.3 Å². The summed E-state index contributed by atoms with van der Waals surface area (Å²) in [6, 6.07) is 9.85. The fraction of sp³-hybridized carbons (Fsp3) is 0.414. The zero-order valence-corrected chi connectivity index (χ0v) is 24.9. The SMILES string of the molecule is NC(=O)CCC(NC(=O)CNC(=O)[C@H](Cc1ccccc1)NC(=O)CNC(=O)Cc1ccc(C2(C(F)(F)F)N=N2)cc1)C(O)C(F)(F)F. The van der Waals surface area contributed by atoms with Crippen LogP contribution in [0.1, 0.15) is 29.5 Å². The van der Waals surface area contributed by atoms with Gasteiger partial charge in [0.2, 0.25) is 29.5 Å². The van der Waals surface area contributed by atoms with Gasteiger partial charge < -0.3 is 32.1 Å². The summed E-state index contributed by atoms with van der Waals surface area (Å²) in [4.78, 5) is 61.4. The summed E-state index contributed by atoms with van der Waals surface area (Å²) in [6.07, 6.45) is -14.5.